The van der Waals surface area contributed by atoms with Crippen LogP contribution in [-0.2, 0) is 10.5 Å². The number of hydrogen-bond donors (Lipinski definition) is 1. The van der Waals surface area contributed by atoms with Crippen LogP contribution in [0.3, 0.4) is 0 Å². The summed E-state index contributed by atoms with van der Waals surface area (Å²) in [5.74, 6) is 0.538. The van der Waals surface area contributed by atoms with Gasteiger partial charge in [0.15, 0.2) is 0 Å². The van der Waals surface area contributed by atoms with E-state index in [1.807, 2.05) is 12.3 Å². The van der Waals surface area contributed by atoms with Crippen molar-refractivity contribution < 1.29 is 18.7 Å². The molecule has 0 saturated carbocycles. The summed E-state index contributed by atoms with van der Waals surface area (Å²) in [5, 5.41) is 3.01. The van der Waals surface area contributed by atoms with E-state index in [2.05, 4.69) is 10.3 Å². The van der Waals surface area contributed by atoms with Gasteiger partial charge in [0.2, 0.25) is 5.88 Å². The Labute approximate surface area is 156 Å². The predicted octanol–water partition coefficient (Wildman–Crippen LogP) is 3.35. The molecule has 2 aromatic rings. The van der Waals surface area contributed by atoms with Gasteiger partial charge >= 0.3 is 0 Å². The zero-order valence-electron chi connectivity index (χ0n) is 14.7. The zero-order chi connectivity index (χ0) is 18.5. The molecular weight excluding hydrogens is 355 g/mol. The lowest BCUT2D eigenvalue weighted by Gasteiger charge is -2.20. The van der Waals surface area contributed by atoms with Gasteiger partial charge in [0.25, 0.3) is 5.91 Å². The average Bonchev–Trinajstić information content (AvgIpc) is 3.11. The molecule has 7 heteroatoms. The summed E-state index contributed by atoms with van der Waals surface area (Å²) in [5.41, 5.74) is 1.87. The maximum absolute atomic E-state index is 13.8. The van der Waals surface area contributed by atoms with E-state index in [1.54, 1.807) is 25.4 Å². The molecule has 138 valence electrons. The van der Waals surface area contributed by atoms with Crippen LogP contribution in [0.15, 0.2) is 36.5 Å². The number of thioether (sulfide) groups is 1. The zero-order valence-corrected chi connectivity index (χ0v) is 15.5. The first kappa shape index (κ1) is 18.7. The van der Waals surface area contributed by atoms with Crippen molar-refractivity contribution in [3.63, 3.8) is 0 Å². The van der Waals surface area contributed by atoms with Gasteiger partial charge in [-0.3, -0.25) is 4.79 Å². The molecule has 1 fully saturated rings. The number of hydrogen-bond acceptors (Lipinski definition) is 5. The number of carbonyl (C=O) groups excluding carboxylic acids is 1. The molecule has 2 heterocycles. The summed E-state index contributed by atoms with van der Waals surface area (Å²) >= 11 is 1.51. The van der Waals surface area contributed by atoms with Crippen LogP contribution in [0.1, 0.15) is 34.0 Å². The van der Waals surface area contributed by atoms with Gasteiger partial charge in [-0.15, -0.1) is 0 Å². The lowest BCUT2D eigenvalue weighted by Crippen LogP contribution is -2.36. The lowest BCUT2D eigenvalue weighted by molar-refractivity contribution is 0.0820. The van der Waals surface area contributed by atoms with Gasteiger partial charge in [0.05, 0.1) is 13.2 Å². The standard InChI is InChI=1S/C19H21FN2O3S/c1-24-17-6-4-13(10-21-17)18-16(7-8-25-18)22-19(23)12-3-5-15(20)14(9-12)11-26-2/h3-6,9-10,16,18H,7-8,11H2,1-2H3,(H,22,23)/t16-,18+/m1/s1. The number of ether oxygens (including phenoxy) is 2. The molecule has 1 saturated heterocycles. The Balaban J connectivity index is 1.72. The summed E-state index contributed by atoms with van der Waals surface area (Å²) in [6, 6.07) is 7.96. The Bertz CT molecular complexity index is 770. The van der Waals surface area contributed by atoms with E-state index >= 15 is 0 Å². The summed E-state index contributed by atoms with van der Waals surface area (Å²) in [6.45, 7) is 0.558. The SMILES string of the molecule is COc1ccc([C@@H]2OCC[C@H]2NC(=O)c2ccc(F)c(CSC)c2)cn1. The van der Waals surface area contributed by atoms with Crippen LogP contribution in [-0.4, -0.2) is 36.9 Å². The van der Waals surface area contributed by atoms with Crippen molar-refractivity contribution in [2.45, 2.75) is 24.3 Å². The Morgan fingerprint density at radius 3 is 2.96 bits per heavy atom. The number of amides is 1. The molecule has 1 amide bonds. The molecule has 1 aromatic heterocycles. The van der Waals surface area contributed by atoms with Crippen LogP contribution in [0, 0.1) is 5.82 Å². The van der Waals surface area contributed by atoms with Crippen LogP contribution in [0.25, 0.3) is 0 Å². The van der Waals surface area contributed by atoms with E-state index < -0.39 is 0 Å². The van der Waals surface area contributed by atoms with Crippen molar-refractivity contribution in [1.82, 2.24) is 10.3 Å². The van der Waals surface area contributed by atoms with Gasteiger partial charge in [-0.25, -0.2) is 9.37 Å². The second kappa shape index (κ2) is 8.51. The maximum atomic E-state index is 13.8. The third-order valence-electron chi connectivity index (χ3n) is 4.31. The molecule has 0 spiro atoms. The molecule has 5 nitrogen and oxygen atoms in total. The third-order valence-corrected chi connectivity index (χ3v) is 4.91. The number of pyridine rings is 1. The van der Waals surface area contributed by atoms with E-state index in [4.69, 9.17) is 9.47 Å². The van der Waals surface area contributed by atoms with Gasteiger partial charge in [0.1, 0.15) is 11.9 Å². The van der Waals surface area contributed by atoms with E-state index in [9.17, 15) is 9.18 Å². The first-order chi connectivity index (χ1) is 12.6. The van der Waals surface area contributed by atoms with Crippen LogP contribution in [0.5, 0.6) is 5.88 Å². The van der Waals surface area contributed by atoms with Crippen molar-refractivity contribution in [2.24, 2.45) is 0 Å². The summed E-state index contributed by atoms with van der Waals surface area (Å²) in [4.78, 5) is 16.8. The number of nitrogens with zero attached hydrogens (tertiary/aromatic N) is 1. The van der Waals surface area contributed by atoms with Crippen molar-refractivity contribution >= 4 is 17.7 Å². The highest BCUT2D eigenvalue weighted by Gasteiger charge is 2.31. The number of benzene rings is 1. The number of methoxy groups -OCH3 is 1. The Hall–Kier alpha value is -2.12. The normalized spacial score (nSPS) is 19.3. The first-order valence-corrected chi connectivity index (χ1v) is 9.71. The molecule has 2 atom stereocenters. The smallest absolute Gasteiger partial charge is 0.251 e. The summed E-state index contributed by atoms with van der Waals surface area (Å²) in [7, 11) is 1.56. The van der Waals surface area contributed by atoms with Crippen LogP contribution >= 0.6 is 11.8 Å². The van der Waals surface area contributed by atoms with E-state index in [0.717, 1.165) is 5.56 Å². The second-order valence-electron chi connectivity index (χ2n) is 6.03. The van der Waals surface area contributed by atoms with Crippen LogP contribution < -0.4 is 10.1 Å². The van der Waals surface area contributed by atoms with E-state index in [-0.39, 0.29) is 23.9 Å². The molecule has 0 radical (unpaired) electrons. The van der Waals surface area contributed by atoms with Gasteiger partial charge in [-0.2, -0.15) is 11.8 Å². The number of rotatable bonds is 6. The molecule has 26 heavy (non-hydrogen) atoms. The number of aromatic nitrogens is 1. The molecule has 0 aliphatic carbocycles. The molecule has 1 aliphatic heterocycles. The Morgan fingerprint density at radius 1 is 1.42 bits per heavy atom. The van der Waals surface area contributed by atoms with Gasteiger partial charge in [-0.05, 0) is 42.5 Å². The van der Waals surface area contributed by atoms with Crippen molar-refractivity contribution in [3.8, 4) is 5.88 Å². The largest absolute Gasteiger partial charge is 0.481 e. The van der Waals surface area contributed by atoms with Gasteiger partial charge < -0.3 is 14.8 Å². The highest BCUT2D eigenvalue weighted by atomic mass is 32.2. The molecule has 1 N–H and O–H groups in total. The van der Waals surface area contributed by atoms with Crippen LogP contribution in [0.2, 0.25) is 0 Å². The molecular formula is C19H21FN2O3S. The first-order valence-electron chi connectivity index (χ1n) is 8.32. The highest BCUT2D eigenvalue weighted by molar-refractivity contribution is 7.97. The topological polar surface area (TPSA) is 60.5 Å². The maximum Gasteiger partial charge on any atom is 0.251 e. The van der Waals surface area contributed by atoms with Gasteiger partial charge in [-0.1, -0.05) is 0 Å². The number of nitrogens with one attached hydrogen (secondary N) is 1. The van der Waals surface area contributed by atoms with Crippen molar-refractivity contribution in [3.05, 3.63) is 59.0 Å². The quantitative estimate of drug-likeness (QED) is 0.838. The van der Waals surface area contributed by atoms with Crippen LogP contribution in [0.4, 0.5) is 4.39 Å². The number of halogens is 1. The molecule has 0 bridgehead atoms. The van der Waals surface area contributed by atoms with Crippen molar-refractivity contribution in [2.75, 3.05) is 20.0 Å². The minimum atomic E-state index is -0.290. The summed E-state index contributed by atoms with van der Waals surface area (Å²) < 4.78 is 24.6. The third kappa shape index (κ3) is 4.16. The minimum Gasteiger partial charge on any atom is -0.481 e. The summed E-state index contributed by atoms with van der Waals surface area (Å²) in [6.07, 6.45) is 4.04. The lowest BCUT2D eigenvalue weighted by atomic mass is 10.0. The monoisotopic (exact) mass is 376 g/mol. The Morgan fingerprint density at radius 2 is 2.27 bits per heavy atom. The Kier molecular flexibility index (Phi) is 6.11. The predicted molar refractivity (Wildman–Crippen MR) is 99.0 cm³/mol. The van der Waals surface area contributed by atoms with Gasteiger partial charge in [0, 0.05) is 35.7 Å². The minimum absolute atomic E-state index is 0.160. The molecule has 3 rings (SSSR count). The second-order valence-corrected chi connectivity index (χ2v) is 6.90. The highest BCUT2D eigenvalue weighted by Crippen LogP contribution is 2.29. The molecule has 0 unspecified atom stereocenters. The van der Waals surface area contributed by atoms with E-state index in [0.29, 0.717) is 35.8 Å². The fraction of sp³-hybridized carbons (Fsp3) is 0.368. The molecule has 1 aromatic carbocycles. The fourth-order valence-electron chi connectivity index (χ4n) is 2.98. The fourth-order valence-corrected chi connectivity index (χ4v) is 3.51. The molecule has 1 aliphatic rings. The van der Waals surface area contributed by atoms with E-state index in [1.165, 1.54) is 23.9 Å². The van der Waals surface area contributed by atoms with Crippen molar-refractivity contribution in [1.29, 1.82) is 0 Å². The number of carbonyl (C=O) groups is 1. The average molecular weight is 376 g/mol.